The van der Waals surface area contributed by atoms with Crippen LogP contribution in [0, 0.1) is 11.8 Å². The van der Waals surface area contributed by atoms with E-state index in [0.29, 0.717) is 25.0 Å². The van der Waals surface area contributed by atoms with Crippen molar-refractivity contribution in [1.29, 1.82) is 0 Å². The highest BCUT2D eigenvalue weighted by molar-refractivity contribution is 7.98. The summed E-state index contributed by atoms with van der Waals surface area (Å²) < 4.78 is 0. The fraction of sp³-hybridized carbons (Fsp3) is 0.615. The Hall–Kier alpha value is -2.59. The van der Waals surface area contributed by atoms with Crippen LogP contribution in [-0.4, -0.2) is 65.0 Å². The first-order valence-corrected chi connectivity index (χ1v) is 13.8. The molecule has 0 aliphatic rings. The first kappa shape index (κ1) is 31.4. The second-order valence-electron chi connectivity index (χ2n) is 9.86. The third-order valence-electron chi connectivity index (χ3n) is 5.54. The molecule has 0 spiro atoms. The number of carbonyl (C=O) groups excluding carboxylic acids is 3. The SMILES string of the molecule is CSCCC(NC(=O)C(CC(C)C)NC(=O)C(N)Cc1ccccc1)C(=O)NC(CC(C)C)C(=O)O. The number of hydrogen-bond acceptors (Lipinski definition) is 6. The minimum absolute atomic E-state index is 0.0661. The van der Waals surface area contributed by atoms with Crippen LogP contribution < -0.4 is 21.7 Å². The Morgan fingerprint density at radius 2 is 1.33 bits per heavy atom. The molecule has 0 aromatic heterocycles. The lowest BCUT2D eigenvalue weighted by atomic mass is 10.0. The number of hydrogen-bond donors (Lipinski definition) is 5. The summed E-state index contributed by atoms with van der Waals surface area (Å²) in [6, 6.07) is 5.68. The molecule has 6 N–H and O–H groups in total. The van der Waals surface area contributed by atoms with E-state index in [1.807, 2.05) is 64.3 Å². The highest BCUT2D eigenvalue weighted by atomic mass is 32.2. The summed E-state index contributed by atoms with van der Waals surface area (Å²) in [7, 11) is 0. The number of carbonyl (C=O) groups is 4. The van der Waals surface area contributed by atoms with Crippen LogP contribution in [-0.2, 0) is 25.6 Å². The van der Waals surface area contributed by atoms with E-state index >= 15 is 0 Å². The molecule has 4 atom stereocenters. The fourth-order valence-corrected chi connectivity index (χ4v) is 4.16. The van der Waals surface area contributed by atoms with Gasteiger partial charge in [0.25, 0.3) is 0 Å². The number of benzene rings is 1. The van der Waals surface area contributed by atoms with Crippen LogP contribution >= 0.6 is 11.8 Å². The van der Waals surface area contributed by atoms with Crippen LogP contribution in [0.1, 0.15) is 52.5 Å². The van der Waals surface area contributed by atoms with Crippen LogP contribution in [0.4, 0.5) is 0 Å². The summed E-state index contributed by atoms with van der Waals surface area (Å²) in [6.45, 7) is 7.60. The average Bonchev–Trinajstić information content (AvgIpc) is 2.80. The molecule has 202 valence electrons. The summed E-state index contributed by atoms with van der Waals surface area (Å²) in [5, 5.41) is 17.5. The molecule has 36 heavy (non-hydrogen) atoms. The lowest BCUT2D eigenvalue weighted by Gasteiger charge is -2.26. The largest absolute Gasteiger partial charge is 0.480 e. The van der Waals surface area contributed by atoms with Crippen molar-refractivity contribution in [2.45, 2.75) is 77.5 Å². The molecule has 3 amide bonds. The lowest BCUT2D eigenvalue weighted by Crippen LogP contribution is -2.57. The first-order chi connectivity index (χ1) is 16.9. The van der Waals surface area contributed by atoms with E-state index in [-0.39, 0.29) is 18.3 Å². The maximum absolute atomic E-state index is 13.2. The predicted octanol–water partition coefficient (Wildman–Crippen LogP) is 1.94. The van der Waals surface area contributed by atoms with Crippen LogP contribution in [0.15, 0.2) is 30.3 Å². The Balaban J connectivity index is 2.94. The van der Waals surface area contributed by atoms with Crippen molar-refractivity contribution in [3.8, 4) is 0 Å². The van der Waals surface area contributed by atoms with Gasteiger partial charge in [0.2, 0.25) is 17.7 Å². The number of rotatable bonds is 16. The molecule has 9 nitrogen and oxygen atoms in total. The zero-order chi connectivity index (χ0) is 27.3. The molecule has 4 unspecified atom stereocenters. The maximum atomic E-state index is 13.2. The zero-order valence-electron chi connectivity index (χ0n) is 22.0. The quantitative estimate of drug-likeness (QED) is 0.223. The van der Waals surface area contributed by atoms with Gasteiger partial charge in [-0.05, 0) is 55.1 Å². The van der Waals surface area contributed by atoms with Crippen molar-refractivity contribution in [3.05, 3.63) is 35.9 Å². The van der Waals surface area contributed by atoms with Crippen molar-refractivity contribution in [2.24, 2.45) is 17.6 Å². The van der Waals surface area contributed by atoms with Crippen molar-refractivity contribution in [2.75, 3.05) is 12.0 Å². The van der Waals surface area contributed by atoms with Crippen molar-refractivity contribution in [3.63, 3.8) is 0 Å². The number of carboxylic acids is 1. The Labute approximate surface area is 218 Å². The molecule has 0 aliphatic heterocycles. The molecule has 1 aromatic rings. The third-order valence-corrected chi connectivity index (χ3v) is 6.18. The van der Waals surface area contributed by atoms with Gasteiger partial charge in [-0.2, -0.15) is 11.8 Å². The maximum Gasteiger partial charge on any atom is 0.326 e. The smallest absolute Gasteiger partial charge is 0.326 e. The zero-order valence-corrected chi connectivity index (χ0v) is 22.8. The number of nitrogens with two attached hydrogens (primary N) is 1. The summed E-state index contributed by atoms with van der Waals surface area (Å²) in [5.41, 5.74) is 7.01. The molecule has 0 aliphatic carbocycles. The molecule has 0 heterocycles. The highest BCUT2D eigenvalue weighted by Gasteiger charge is 2.30. The second kappa shape index (κ2) is 16.2. The van der Waals surface area contributed by atoms with Gasteiger partial charge in [-0.1, -0.05) is 58.0 Å². The number of nitrogens with one attached hydrogen (secondary N) is 3. The van der Waals surface area contributed by atoms with Crippen LogP contribution in [0.3, 0.4) is 0 Å². The molecule has 0 bridgehead atoms. The molecular weight excluding hydrogens is 480 g/mol. The van der Waals surface area contributed by atoms with Gasteiger partial charge in [0.1, 0.15) is 18.1 Å². The number of amides is 3. The van der Waals surface area contributed by atoms with Crippen molar-refractivity contribution < 1.29 is 24.3 Å². The van der Waals surface area contributed by atoms with Gasteiger partial charge in [-0.25, -0.2) is 4.79 Å². The number of carboxylic acid groups (broad SMARTS) is 1. The summed E-state index contributed by atoms with van der Waals surface area (Å²) >= 11 is 1.51. The molecule has 1 rings (SSSR count). The molecule has 0 radical (unpaired) electrons. The summed E-state index contributed by atoms with van der Waals surface area (Å²) in [5.74, 6) is -1.88. The topological polar surface area (TPSA) is 151 Å². The lowest BCUT2D eigenvalue weighted by molar-refractivity contribution is -0.142. The Bertz CT molecular complexity index is 850. The van der Waals surface area contributed by atoms with E-state index in [1.165, 1.54) is 11.8 Å². The minimum atomic E-state index is -1.12. The van der Waals surface area contributed by atoms with Gasteiger partial charge in [0.05, 0.1) is 6.04 Å². The highest BCUT2D eigenvalue weighted by Crippen LogP contribution is 2.10. The minimum Gasteiger partial charge on any atom is -0.480 e. The molecule has 0 saturated heterocycles. The Morgan fingerprint density at radius 1 is 0.833 bits per heavy atom. The second-order valence-corrected chi connectivity index (χ2v) is 10.8. The number of thioether (sulfide) groups is 1. The molecule has 1 aromatic carbocycles. The van der Waals surface area contributed by atoms with E-state index in [0.717, 1.165) is 5.56 Å². The molecule has 10 heteroatoms. The van der Waals surface area contributed by atoms with Gasteiger partial charge in [0, 0.05) is 0 Å². The van der Waals surface area contributed by atoms with Gasteiger partial charge in [0.15, 0.2) is 0 Å². The number of aliphatic carboxylic acids is 1. The molecule has 0 fully saturated rings. The van der Waals surface area contributed by atoms with Crippen molar-refractivity contribution in [1.82, 2.24) is 16.0 Å². The standard InChI is InChI=1S/C26H42N4O5S/c1-16(2)13-21(29-23(31)19(27)15-18-9-7-6-8-10-18)25(33)28-20(11-12-36-5)24(32)30-22(26(34)35)14-17(3)4/h6-10,16-17,19-22H,11-15,27H2,1-5H3,(H,28,33)(H,29,31)(H,30,32)(H,34,35). The van der Waals surface area contributed by atoms with Crippen LogP contribution in [0.5, 0.6) is 0 Å². The molecule has 0 saturated carbocycles. The van der Waals surface area contributed by atoms with Crippen molar-refractivity contribution >= 4 is 35.5 Å². The normalized spacial score (nSPS) is 14.6. The van der Waals surface area contributed by atoms with Crippen LogP contribution in [0.25, 0.3) is 0 Å². The van der Waals surface area contributed by atoms with E-state index in [1.54, 1.807) is 0 Å². The average molecular weight is 523 g/mol. The summed E-state index contributed by atoms with van der Waals surface area (Å²) in [6.07, 6.45) is 3.16. The predicted molar refractivity (Wildman–Crippen MR) is 143 cm³/mol. The van der Waals surface area contributed by atoms with Gasteiger partial charge >= 0.3 is 5.97 Å². The van der Waals surface area contributed by atoms with Gasteiger partial charge in [-0.15, -0.1) is 0 Å². The fourth-order valence-electron chi connectivity index (χ4n) is 3.68. The molecular formula is C26H42N4O5S. The van der Waals surface area contributed by atoms with Gasteiger partial charge < -0.3 is 26.8 Å². The van der Waals surface area contributed by atoms with E-state index < -0.39 is 47.9 Å². The Kier molecular flexibility index (Phi) is 14.2. The van der Waals surface area contributed by atoms with Crippen LogP contribution in [0.2, 0.25) is 0 Å². The summed E-state index contributed by atoms with van der Waals surface area (Å²) in [4.78, 5) is 50.6. The van der Waals surface area contributed by atoms with Gasteiger partial charge in [-0.3, -0.25) is 14.4 Å². The Morgan fingerprint density at radius 3 is 1.86 bits per heavy atom. The van der Waals surface area contributed by atoms with E-state index in [9.17, 15) is 24.3 Å². The monoisotopic (exact) mass is 522 g/mol. The third kappa shape index (κ3) is 11.9. The van der Waals surface area contributed by atoms with E-state index in [2.05, 4.69) is 16.0 Å². The first-order valence-electron chi connectivity index (χ1n) is 12.4. The van der Waals surface area contributed by atoms with E-state index in [4.69, 9.17) is 5.73 Å².